The lowest BCUT2D eigenvalue weighted by atomic mass is 10.1. The van der Waals surface area contributed by atoms with E-state index in [1.807, 2.05) is 18.7 Å². The van der Waals surface area contributed by atoms with Crippen LogP contribution in [0.3, 0.4) is 0 Å². The van der Waals surface area contributed by atoms with Gasteiger partial charge in [0, 0.05) is 38.6 Å². The molecule has 1 unspecified atom stereocenters. The smallest absolute Gasteiger partial charge is 0.222 e. The Hall–Kier alpha value is -1.10. The van der Waals surface area contributed by atoms with E-state index in [-0.39, 0.29) is 18.0 Å². The summed E-state index contributed by atoms with van der Waals surface area (Å²) in [6.07, 6.45) is 1.48. The zero-order chi connectivity index (χ0) is 12.3. The van der Waals surface area contributed by atoms with Gasteiger partial charge in [0.15, 0.2) is 0 Å². The van der Waals surface area contributed by atoms with Gasteiger partial charge >= 0.3 is 0 Å². The van der Waals surface area contributed by atoms with Gasteiger partial charge in [0.1, 0.15) is 0 Å². The van der Waals surface area contributed by atoms with E-state index in [2.05, 4.69) is 4.90 Å². The molecule has 1 fully saturated rings. The highest BCUT2D eigenvalue weighted by Gasteiger charge is 2.30. The zero-order valence-electron chi connectivity index (χ0n) is 10.1. The quantitative estimate of drug-likeness (QED) is 0.713. The van der Waals surface area contributed by atoms with Gasteiger partial charge < -0.3 is 10.6 Å². The van der Waals surface area contributed by atoms with Gasteiger partial charge in [0.25, 0.3) is 0 Å². The summed E-state index contributed by atoms with van der Waals surface area (Å²) in [5, 5.41) is 0. The van der Waals surface area contributed by atoms with Gasteiger partial charge in [-0.1, -0.05) is 0 Å². The summed E-state index contributed by atoms with van der Waals surface area (Å²) in [6, 6.07) is 0.366. The highest BCUT2D eigenvalue weighted by atomic mass is 16.2. The normalized spacial score (nSPS) is 26.8. The van der Waals surface area contributed by atoms with Crippen LogP contribution in [-0.4, -0.2) is 53.3 Å². The van der Waals surface area contributed by atoms with Crippen LogP contribution in [0, 0.1) is 6.42 Å². The van der Waals surface area contributed by atoms with Gasteiger partial charge in [-0.15, -0.1) is 0 Å². The molecule has 0 aromatic carbocycles. The number of hydrogen-bond donors (Lipinski definition) is 1. The van der Waals surface area contributed by atoms with E-state index in [1.165, 1.54) is 6.42 Å². The van der Waals surface area contributed by atoms with Crippen molar-refractivity contribution in [1.29, 1.82) is 0 Å². The molecule has 0 aliphatic carbocycles. The van der Waals surface area contributed by atoms with Gasteiger partial charge in [0.05, 0.1) is 6.42 Å². The van der Waals surface area contributed by atoms with Crippen LogP contribution in [-0.2, 0) is 9.59 Å². The Morgan fingerprint density at radius 1 is 1.31 bits per heavy atom. The molecule has 1 saturated heterocycles. The van der Waals surface area contributed by atoms with Crippen LogP contribution in [0.5, 0.6) is 0 Å². The summed E-state index contributed by atoms with van der Waals surface area (Å²) in [5.74, 6) is -0.284. The van der Waals surface area contributed by atoms with Crippen molar-refractivity contribution in [2.45, 2.75) is 32.9 Å². The van der Waals surface area contributed by atoms with Crippen molar-refractivity contribution < 1.29 is 9.59 Å². The lowest BCUT2D eigenvalue weighted by molar-refractivity contribution is -0.136. The highest BCUT2D eigenvalue weighted by molar-refractivity contribution is 5.83. The summed E-state index contributed by atoms with van der Waals surface area (Å²) in [6.45, 7) is 7.78. The molecule has 2 atom stereocenters. The third-order valence-electron chi connectivity index (χ3n) is 2.91. The predicted octanol–water partition coefficient (Wildman–Crippen LogP) is -0.383. The first-order valence-corrected chi connectivity index (χ1v) is 5.55. The van der Waals surface area contributed by atoms with E-state index in [0.717, 1.165) is 13.1 Å². The first-order chi connectivity index (χ1) is 7.41. The van der Waals surface area contributed by atoms with E-state index in [4.69, 9.17) is 5.73 Å². The summed E-state index contributed by atoms with van der Waals surface area (Å²) in [7, 11) is 0. The SMILES string of the molecule is CC(=O)N1C(C)CN(C[CH]C(N)=O)C[C@H]1C. The number of primary amides is 1. The molecule has 2 amide bonds. The minimum absolute atomic E-state index is 0.110. The number of piperazine rings is 1. The molecular weight excluding hydrogens is 206 g/mol. The number of carbonyl (C=O) groups is 2. The van der Waals surface area contributed by atoms with E-state index in [0.29, 0.717) is 6.54 Å². The molecule has 0 bridgehead atoms. The van der Waals surface area contributed by atoms with Crippen molar-refractivity contribution in [3.63, 3.8) is 0 Å². The van der Waals surface area contributed by atoms with Crippen LogP contribution < -0.4 is 5.73 Å². The molecule has 1 heterocycles. The standard InChI is InChI=1S/C11H20N3O2/c1-8-6-13(5-4-11(12)16)7-9(2)14(8)10(3)15/h4,8-9H,5-7H2,1-3H3,(H2,12,16)/t8-,9?/m1/s1. The van der Waals surface area contributed by atoms with Gasteiger partial charge in [-0.25, -0.2) is 0 Å². The van der Waals surface area contributed by atoms with E-state index in [9.17, 15) is 9.59 Å². The zero-order valence-corrected chi connectivity index (χ0v) is 10.1. The summed E-state index contributed by atoms with van der Waals surface area (Å²) < 4.78 is 0. The maximum atomic E-state index is 11.4. The Bertz CT molecular complexity index is 268. The minimum Gasteiger partial charge on any atom is -0.369 e. The number of rotatable bonds is 3. The van der Waals surface area contributed by atoms with Crippen LogP contribution in [0.1, 0.15) is 20.8 Å². The van der Waals surface area contributed by atoms with Gasteiger partial charge in [-0.3, -0.25) is 14.5 Å². The number of amides is 2. The van der Waals surface area contributed by atoms with E-state index in [1.54, 1.807) is 6.92 Å². The maximum Gasteiger partial charge on any atom is 0.222 e. The fraction of sp³-hybridized carbons (Fsp3) is 0.727. The van der Waals surface area contributed by atoms with Crippen molar-refractivity contribution in [3.8, 4) is 0 Å². The maximum absolute atomic E-state index is 11.4. The fourth-order valence-corrected chi connectivity index (χ4v) is 2.42. The Kier molecular flexibility index (Phi) is 4.29. The number of hydrogen-bond acceptors (Lipinski definition) is 3. The monoisotopic (exact) mass is 226 g/mol. The van der Waals surface area contributed by atoms with Gasteiger partial charge in [-0.05, 0) is 13.8 Å². The second-order valence-electron chi connectivity index (χ2n) is 4.45. The Morgan fingerprint density at radius 2 is 1.81 bits per heavy atom. The first-order valence-electron chi connectivity index (χ1n) is 5.55. The van der Waals surface area contributed by atoms with E-state index >= 15 is 0 Å². The average molecular weight is 226 g/mol. The molecule has 2 N–H and O–H groups in total. The molecular formula is C11H20N3O2. The molecule has 16 heavy (non-hydrogen) atoms. The average Bonchev–Trinajstić information content (AvgIpc) is 2.12. The third kappa shape index (κ3) is 3.20. The number of carbonyl (C=O) groups excluding carboxylic acids is 2. The van der Waals surface area contributed by atoms with E-state index < -0.39 is 5.91 Å². The highest BCUT2D eigenvalue weighted by Crippen LogP contribution is 2.15. The lowest BCUT2D eigenvalue weighted by Gasteiger charge is -2.44. The number of nitrogens with two attached hydrogens (primary N) is 1. The molecule has 1 aliphatic heterocycles. The molecule has 5 heteroatoms. The van der Waals surface area contributed by atoms with Crippen LogP contribution in [0.4, 0.5) is 0 Å². The minimum atomic E-state index is -0.394. The van der Waals surface area contributed by atoms with Crippen LogP contribution in [0.2, 0.25) is 0 Å². The Labute approximate surface area is 96.6 Å². The van der Waals surface area contributed by atoms with Crippen molar-refractivity contribution in [2.24, 2.45) is 5.73 Å². The Balaban J connectivity index is 2.52. The lowest BCUT2D eigenvalue weighted by Crippen LogP contribution is -2.58. The fourth-order valence-electron chi connectivity index (χ4n) is 2.42. The summed E-state index contributed by atoms with van der Waals surface area (Å²) in [4.78, 5) is 26.1. The first kappa shape index (κ1) is 13.0. The number of nitrogens with zero attached hydrogens (tertiary/aromatic N) is 2. The predicted molar refractivity (Wildman–Crippen MR) is 61.4 cm³/mol. The molecule has 91 valence electrons. The molecule has 0 aromatic rings. The van der Waals surface area contributed by atoms with Gasteiger partial charge in [0.2, 0.25) is 11.8 Å². The molecule has 1 aliphatic rings. The summed E-state index contributed by atoms with van der Waals surface area (Å²) in [5.41, 5.74) is 5.07. The summed E-state index contributed by atoms with van der Waals surface area (Å²) >= 11 is 0. The van der Waals surface area contributed by atoms with Crippen LogP contribution in [0.15, 0.2) is 0 Å². The van der Waals surface area contributed by atoms with Crippen molar-refractivity contribution in [1.82, 2.24) is 9.80 Å². The molecule has 5 nitrogen and oxygen atoms in total. The molecule has 0 aromatic heterocycles. The largest absolute Gasteiger partial charge is 0.369 e. The molecule has 0 saturated carbocycles. The van der Waals surface area contributed by atoms with Gasteiger partial charge in [-0.2, -0.15) is 0 Å². The third-order valence-corrected chi connectivity index (χ3v) is 2.91. The second-order valence-corrected chi connectivity index (χ2v) is 4.45. The molecule has 1 rings (SSSR count). The van der Waals surface area contributed by atoms with Crippen molar-refractivity contribution >= 4 is 11.8 Å². The molecule has 0 spiro atoms. The molecule has 1 radical (unpaired) electrons. The van der Waals surface area contributed by atoms with Crippen molar-refractivity contribution in [3.05, 3.63) is 6.42 Å². The topological polar surface area (TPSA) is 66.6 Å². The van der Waals surface area contributed by atoms with Crippen molar-refractivity contribution in [2.75, 3.05) is 19.6 Å². The second kappa shape index (κ2) is 5.30. The van der Waals surface area contributed by atoms with Crippen LogP contribution >= 0.6 is 0 Å². The van der Waals surface area contributed by atoms with Crippen LogP contribution in [0.25, 0.3) is 0 Å². The Morgan fingerprint density at radius 3 is 2.19 bits per heavy atom.